The number of hydrogen-bond acceptors (Lipinski definition) is 6. The van der Waals surface area contributed by atoms with Crippen molar-refractivity contribution >= 4 is 11.8 Å². The molecule has 0 N–H and O–H groups in total. The predicted molar refractivity (Wildman–Crippen MR) is 108 cm³/mol. The summed E-state index contributed by atoms with van der Waals surface area (Å²) in [5.74, 6) is 1.89. The number of hydrogen-bond donors (Lipinski definition) is 0. The normalized spacial score (nSPS) is 19.9. The highest BCUT2D eigenvalue weighted by Gasteiger charge is 2.24. The van der Waals surface area contributed by atoms with Gasteiger partial charge in [0.25, 0.3) is 0 Å². The van der Waals surface area contributed by atoms with Crippen LogP contribution in [0.5, 0.6) is 0 Å². The molecule has 2 aromatic rings. The molecular formula is C21H29N5O. The van der Waals surface area contributed by atoms with Gasteiger partial charge in [0.05, 0.1) is 13.2 Å². The zero-order valence-electron chi connectivity index (χ0n) is 16.3. The first-order chi connectivity index (χ1) is 13.2. The molecule has 1 aromatic carbocycles. The summed E-state index contributed by atoms with van der Waals surface area (Å²) in [5.41, 5.74) is 2.41. The Kier molecular flexibility index (Phi) is 5.55. The topological polar surface area (TPSA) is 44.7 Å². The van der Waals surface area contributed by atoms with Crippen LogP contribution in [0.1, 0.15) is 24.2 Å². The fraction of sp³-hybridized carbons (Fsp3) is 0.524. The standard InChI is InChI=1S/C21H29N5O/c1-17-16-20(25-12-14-27-15-13-25)23-21(22-17)26-10-8-24(9-11-26)18(2)19-6-4-3-5-7-19/h3-7,16,18H,8-15H2,1-2H3. The van der Waals surface area contributed by atoms with E-state index in [4.69, 9.17) is 14.7 Å². The molecule has 0 aliphatic carbocycles. The van der Waals surface area contributed by atoms with E-state index < -0.39 is 0 Å². The Morgan fingerprint density at radius 1 is 0.889 bits per heavy atom. The molecule has 2 saturated heterocycles. The molecule has 4 rings (SSSR count). The molecule has 0 saturated carbocycles. The van der Waals surface area contributed by atoms with Gasteiger partial charge in [-0.3, -0.25) is 4.90 Å². The molecule has 6 nitrogen and oxygen atoms in total. The van der Waals surface area contributed by atoms with Crippen LogP contribution in [0.3, 0.4) is 0 Å². The molecule has 144 valence electrons. The van der Waals surface area contributed by atoms with Gasteiger partial charge in [0.1, 0.15) is 5.82 Å². The predicted octanol–water partition coefficient (Wildman–Crippen LogP) is 2.50. The number of piperazine rings is 1. The number of anilines is 2. The van der Waals surface area contributed by atoms with Crippen molar-refractivity contribution in [1.29, 1.82) is 0 Å². The minimum atomic E-state index is 0.440. The van der Waals surface area contributed by atoms with Gasteiger partial charge < -0.3 is 14.5 Å². The third-order valence-corrected chi connectivity index (χ3v) is 5.59. The monoisotopic (exact) mass is 367 g/mol. The van der Waals surface area contributed by atoms with Crippen LogP contribution in [0, 0.1) is 6.92 Å². The lowest BCUT2D eigenvalue weighted by Crippen LogP contribution is -2.48. The first-order valence-electron chi connectivity index (χ1n) is 9.93. The van der Waals surface area contributed by atoms with E-state index in [0.717, 1.165) is 69.9 Å². The van der Waals surface area contributed by atoms with Crippen molar-refractivity contribution in [2.45, 2.75) is 19.9 Å². The molecule has 6 heteroatoms. The maximum atomic E-state index is 5.47. The second-order valence-electron chi connectivity index (χ2n) is 7.38. The van der Waals surface area contributed by atoms with Gasteiger partial charge in [-0.15, -0.1) is 0 Å². The summed E-state index contributed by atoms with van der Waals surface area (Å²) in [6.45, 7) is 11.7. The van der Waals surface area contributed by atoms with E-state index in [1.54, 1.807) is 0 Å². The Hall–Kier alpha value is -2.18. The smallest absolute Gasteiger partial charge is 0.227 e. The Morgan fingerprint density at radius 3 is 2.30 bits per heavy atom. The summed E-state index contributed by atoms with van der Waals surface area (Å²) in [6, 6.07) is 13.3. The molecule has 0 radical (unpaired) electrons. The fourth-order valence-electron chi connectivity index (χ4n) is 3.88. The molecule has 0 amide bonds. The molecule has 27 heavy (non-hydrogen) atoms. The number of ether oxygens (including phenoxy) is 1. The largest absolute Gasteiger partial charge is 0.378 e. The summed E-state index contributed by atoms with van der Waals surface area (Å²) < 4.78 is 5.47. The first-order valence-corrected chi connectivity index (χ1v) is 9.93. The maximum absolute atomic E-state index is 5.47. The van der Waals surface area contributed by atoms with E-state index in [9.17, 15) is 0 Å². The summed E-state index contributed by atoms with van der Waals surface area (Å²) in [4.78, 5) is 16.8. The number of rotatable bonds is 4. The van der Waals surface area contributed by atoms with E-state index in [2.05, 4.69) is 64.9 Å². The summed E-state index contributed by atoms with van der Waals surface area (Å²) in [6.07, 6.45) is 0. The van der Waals surface area contributed by atoms with Crippen molar-refractivity contribution in [3.8, 4) is 0 Å². The fourth-order valence-corrected chi connectivity index (χ4v) is 3.88. The van der Waals surface area contributed by atoms with Crippen LogP contribution in [0.4, 0.5) is 11.8 Å². The van der Waals surface area contributed by atoms with Gasteiger partial charge in [-0.25, -0.2) is 4.98 Å². The average molecular weight is 367 g/mol. The van der Waals surface area contributed by atoms with Crippen molar-refractivity contribution in [2.24, 2.45) is 0 Å². The van der Waals surface area contributed by atoms with E-state index >= 15 is 0 Å². The Balaban J connectivity index is 1.42. The van der Waals surface area contributed by atoms with Gasteiger partial charge >= 0.3 is 0 Å². The lowest BCUT2D eigenvalue weighted by molar-refractivity contribution is 0.122. The van der Waals surface area contributed by atoms with Crippen LogP contribution >= 0.6 is 0 Å². The highest BCUT2D eigenvalue weighted by molar-refractivity contribution is 5.46. The lowest BCUT2D eigenvalue weighted by atomic mass is 10.1. The van der Waals surface area contributed by atoms with Gasteiger partial charge in [0.15, 0.2) is 0 Å². The first kappa shape index (κ1) is 18.2. The number of aromatic nitrogens is 2. The highest BCUT2D eigenvalue weighted by Crippen LogP contribution is 2.24. The van der Waals surface area contributed by atoms with Crippen LogP contribution in [0.15, 0.2) is 36.4 Å². The van der Waals surface area contributed by atoms with Crippen LogP contribution < -0.4 is 9.80 Å². The SMILES string of the molecule is Cc1cc(N2CCOCC2)nc(N2CCN(C(C)c3ccccc3)CC2)n1. The van der Waals surface area contributed by atoms with E-state index in [0.29, 0.717) is 6.04 Å². The molecule has 1 atom stereocenters. The van der Waals surface area contributed by atoms with E-state index in [1.807, 2.05) is 0 Å². The van der Waals surface area contributed by atoms with Gasteiger partial charge in [0, 0.05) is 57.1 Å². The van der Waals surface area contributed by atoms with Crippen LogP contribution in [-0.2, 0) is 4.74 Å². The zero-order chi connectivity index (χ0) is 18.6. The van der Waals surface area contributed by atoms with Gasteiger partial charge in [-0.2, -0.15) is 4.98 Å². The van der Waals surface area contributed by atoms with Crippen molar-refractivity contribution in [3.05, 3.63) is 47.7 Å². The molecule has 2 fully saturated rings. The second kappa shape index (κ2) is 8.23. The van der Waals surface area contributed by atoms with Gasteiger partial charge in [-0.05, 0) is 19.4 Å². The third-order valence-electron chi connectivity index (χ3n) is 5.59. The quantitative estimate of drug-likeness (QED) is 0.827. The van der Waals surface area contributed by atoms with Crippen molar-refractivity contribution in [2.75, 3.05) is 62.3 Å². The van der Waals surface area contributed by atoms with Gasteiger partial charge in [-0.1, -0.05) is 30.3 Å². The average Bonchev–Trinajstić information content (AvgIpc) is 2.74. The Bertz CT molecular complexity index is 739. The van der Waals surface area contributed by atoms with Crippen molar-refractivity contribution < 1.29 is 4.74 Å². The molecule has 3 heterocycles. The third kappa shape index (κ3) is 4.22. The molecule has 0 spiro atoms. The minimum Gasteiger partial charge on any atom is -0.378 e. The van der Waals surface area contributed by atoms with Gasteiger partial charge in [0.2, 0.25) is 5.95 Å². The van der Waals surface area contributed by atoms with Crippen LogP contribution in [0.2, 0.25) is 0 Å². The van der Waals surface area contributed by atoms with E-state index in [-0.39, 0.29) is 0 Å². The summed E-state index contributed by atoms with van der Waals surface area (Å²) in [5, 5.41) is 0. The second-order valence-corrected chi connectivity index (χ2v) is 7.38. The number of aryl methyl sites for hydroxylation is 1. The highest BCUT2D eigenvalue weighted by atomic mass is 16.5. The van der Waals surface area contributed by atoms with Crippen LogP contribution in [0.25, 0.3) is 0 Å². The molecule has 1 unspecified atom stereocenters. The number of benzene rings is 1. The molecule has 0 bridgehead atoms. The van der Waals surface area contributed by atoms with Crippen molar-refractivity contribution in [3.63, 3.8) is 0 Å². The Morgan fingerprint density at radius 2 is 1.59 bits per heavy atom. The zero-order valence-corrected chi connectivity index (χ0v) is 16.3. The van der Waals surface area contributed by atoms with E-state index in [1.165, 1.54) is 5.56 Å². The Labute approximate surface area is 161 Å². The molecule has 1 aromatic heterocycles. The van der Waals surface area contributed by atoms with Crippen LogP contribution in [-0.4, -0.2) is 67.4 Å². The molecular weight excluding hydrogens is 338 g/mol. The number of morpholine rings is 1. The van der Waals surface area contributed by atoms with Crippen molar-refractivity contribution in [1.82, 2.24) is 14.9 Å². The molecule has 2 aliphatic rings. The summed E-state index contributed by atoms with van der Waals surface area (Å²) in [7, 11) is 0. The number of nitrogens with zero attached hydrogens (tertiary/aromatic N) is 5. The maximum Gasteiger partial charge on any atom is 0.227 e. The summed E-state index contributed by atoms with van der Waals surface area (Å²) >= 11 is 0. The minimum absolute atomic E-state index is 0.440. The molecule has 2 aliphatic heterocycles. The lowest BCUT2D eigenvalue weighted by Gasteiger charge is -2.38.